The maximum absolute atomic E-state index is 6.15. The highest BCUT2D eigenvalue weighted by Crippen LogP contribution is 2.59. The molecular formula is C17H26N2O. The molecule has 3 heteroatoms. The van der Waals surface area contributed by atoms with Gasteiger partial charge in [0, 0.05) is 5.92 Å². The zero-order chi connectivity index (χ0) is 13.7. The standard InChI is InChI=1S/C17H26N2O/c1-3-18-10(2)17-19-9-15(20-17)16-13-5-11-4-12(7-13)8-14(16)6-11/h9-14,16,18H,3-8H2,1-2H3. The number of nitrogens with zero attached hydrogens (tertiary/aromatic N) is 1. The van der Waals surface area contributed by atoms with E-state index in [0.717, 1.165) is 36.1 Å². The van der Waals surface area contributed by atoms with E-state index in [1.54, 1.807) is 0 Å². The molecule has 0 aliphatic heterocycles. The molecule has 0 radical (unpaired) electrons. The third-order valence-electron chi connectivity index (χ3n) is 5.98. The minimum atomic E-state index is 0.227. The molecule has 1 N–H and O–H groups in total. The predicted octanol–water partition coefficient (Wildman–Crippen LogP) is 3.88. The Bertz CT molecular complexity index is 453. The molecule has 4 fully saturated rings. The lowest BCUT2D eigenvalue weighted by Gasteiger charge is -2.53. The molecule has 1 unspecified atom stereocenters. The highest BCUT2D eigenvalue weighted by atomic mass is 16.4. The van der Waals surface area contributed by atoms with Crippen molar-refractivity contribution in [1.29, 1.82) is 0 Å². The number of hydrogen-bond acceptors (Lipinski definition) is 3. The zero-order valence-electron chi connectivity index (χ0n) is 12.6. The number of hydrogen-bond donors (Lipinski definition) is 1. The fourth-order valence-electron chi connectivity index (χ4n) is 5.44. The van der Waals surface area contributed by atoms with Crippen LogP contribution in [0.4, 0.5) is 0 Å². The Morgan fingerprint density at radius 1 is 1.20 bits per heavy atom. The van der Waals surface area contributed by atoms with Crippen molar-refractivity contribution in [2.45, 2.75) is 57.9 Å². The summed E-state index contributed by atoms with van der Waals surface area (Å²) in [4.78, 5) is 4.54. The van der Waals surface area contributed by atoms with E-state index in [0.29, 0.717) is 5.92 Å². The molecule has 0 spiro atoms. The molecule has 0 aromatic carbocycles. The Balaban J connectivity index is 1.56. The summed E-state index contributed by atoms with van der Waals surface area (Å²) in [6, 6.07) is 0.227. The van der Waals surface area contributed by atoms with Gasteiger partial charge in [-0.25, -0.2) is 4.98 Å². The van der Waals surface area contributed by atoms with Crippen molar-refractivity contribution in [3.63, 3.8) is 0 Å². The van der Waals surface area contributed by atoms with Gasteiger partial charge in [0.15, 0.2) is 0 Å². The molecule has 20 heavy (non-hydrogen) atoms. The molecule has 1 heterocycles. The number of rotatable bonds is 4. The smallest absolute Gasteiger partial charge is 0.211 e. The second-order valence-electron chi connectivity index (χ2n) is 7.34. The summed E-state index contributed by atoms with van der Waals surface area (Å²) >= 11 is 0. The van der Waals surface area contributed by atoms with Crippen molar-refractivity contribution in [3.8, 4) is 0 Å². The average Bonchev–Trinajstić information content (AvgIpc) is 2.87. The van der Waals surface area contributed by atoms with Crippen LogP contribution in [0.3, 0.4) is 0 Å². The van der Waals surface area contributed by atoms with Gasteiger partial charge < -0.3 is 9.73 Å². The van der Waals surface area contributed by atoms with Gasteiger partial charge in [0.05, 0.1) is 12.2 Å². The van der Waals surface area contributed by atoms with Gasteiger partial charge in [0.2, 0.25) is 5.89 Å². The van der Waals surface area contributed by atoms with Crippen LogP contribution in [0.5, 0.6) is 0 Å². The van der Waals surface area contributed by atoms with Gasteiger partial charge in [-0.05, 0) is 69.2 Å². The molecule has 1 aromatic heterocycles. The maximum Gasteiger partial charge on any atom is 0.211 e. The maximum atomic E-state index is 6.15. The lowest BCUT2D eigenvalue weighted by atomic mass is 9.51. The van der Waals surface area contributed by atoms with Crippen LogP contribution in [-0.2, 0) is 0 Å². The van der Waals surface area contributed by atoms with E-state index in [1.165, 1.54) is 37.9 Å². The van der Waals surface area contributed by atoms with Crippen molar-refractivity contribution >= 4 is 0 Å². The summed E-state index contributed by atoms with van der Waals surface area (Å²) in [6.45, 7) is 5.21. The van der Waals surface area contributed by atoms with Crippen LogP contribution in [-0.4, -0.2) is 11.5 Å². The van der Waals surface area contributed by atoms with E-state index >= 15 is 0 Å². The fraction of sp³-hybridized carbons (Fsp3) is 0.824. The Morgan fingerprint density at radius 3 is 2.45 bits per heavy atom. The quantitative estimate of drug-likeness (QED) is 0.905. The SMILES string of the molecule is CCNC(C)c1ncc(C2C3CC4CC(C3)CC2C4)o1. The van der Waals surface area contributed by atoms with Crippen molar-refractivity contribution in [3.05, 3.63) is 17.8 Å². The van der Waals surface area contributed by atoms with Gasteiger partial charge in [-0.3, -0.25) is 0 Å². The first-order valence-corrected chi connectivity index (χ1v) is 8.43. The average molecular weight is 274 g/mol. The highest BCUT2D eigenvalue weighted by Gasteiger charge is 2.49. The molecule has 110 valence electrons. The Hall–Kier alpha value is -0.830. The summed E-state index contributed by atoms with van der Waals surface area (Å²) in [5.41, 5.74) is 0. The van der Waals surface area contributed by atoms with Gasteiger partial charge in [0.25, 0.3) is 0 Å². The minimum absolute atomic E-state index is 0.227. The van der Waals surface area contributed by atoms with E-state index < -0.39 is 0 Å². The lowest BCUT2D eigenvalue weighted by Crippen LogP contribution is -2.43. The first-order chi connectivity index (χ1) is 9.74. The Morgan fingerprint density at radius 2 is 1.85 bits per heavy atom. The Kier molecular flexibility index (Phi) is 3.13. The van der Waals surface area contributed by atoms with E-state index in [1.807, 2.05) is 6.20 Å². The molecule has 3 nitrogen and oxygen atoms in total. The lowest BCUT2D eigenvalue weighted by molar-refractivity contribution is -0.0101. The summed E-state index contributed by atoms with van der Waals surface area (Å²) in [7, 11) is 0. The number of oxazole rings is 1. The molecule has 4 aliphatic rings. The number of aromatic nitrogens is 1. The largest absolute Gasteiger partial charge is 0.444 e. The van der Waals surface area contributed by atoms with Crippen molar-refractivity contribution in [2.24, 2.45) is 23.7 Å². The minimum Gasteiger partial charge on any atom is -0.444 e. The second kappa shape index (κ2) is 4.87. The summed E-state index contributed by atoms with van der Waals surface area (Å²) in [6.07, 6.45) is 9.30. The van der Waals surface area contributed by atoms with Gasteiger partial charge in [0.1, 0.15) is 5.76 Å². The normalized spacial score (nSPS) is 40.2. The third kappa shape index (κ3) is 2.02. The molecule has 5 rings (SSSR count). The van der Waals surface area contributed by atoms with Crippen molar-refractivity contribution in [1.82, 2.24) is 10.3 Å². The summed E-state index contributed by atoms with van der Waals surface area (Å²) in [5, 5.41) is 3.39. The van der Waals surface area contributed by atoms with Crippen LogP contribution in [0.25, 0.3) is 0 Å². The molecule has 0 amide bonds. The van der Waals surface area contributed by atoms with Crippen LogP contribution in [0.2, 0.25) is 0 Å². The molecule has 4 aliphatic carbocycles. The summed E-state index contributed by atoms with van der Waals surface area (Å²) in [5.74, 6) is 6.52. The molecule has 0 saturated heterocycles. The van der Waals surface area contributed by atoms with Crippen LogP contribution in [0.15, 0.2) is 10.6 Å². The van der Waals surface area contributed by atoms with Gasteiger partial charge in [-0.15, -0.1) is 0 Å². The molecule has 4 saturated carbocycles. The predicted molar refractivity (Wildman–Crippen MR) is 78.4 cm³/mol. The Labute approximate surface area is 121 Å². The zero-order valence-corrected chi connectivity index (χ0v) is 12.6. The molecule has 1 aromatic rings. The molecule has 4 bridgehead atoms. The monoisotopic (exact) mass is 274 g/mol. The first kappa shape index (κ1) is 12.9. The van der Waals surface area contributed by atoms with E-state index in [9.17, 15) is 0 Å². The summed E-state index contributed by atoms with van der Waals surface area (Å²) < 4.78 is 6.15. The van der Waals surface area contributed by atoms with E-state index in [4.69, 9.17) is 4.42 Å². The second-order valence-corrected chi connectivity index (χ2v) is 7.34. The van der Waals surface area contributed by atoms with Gasteiger partial charge in [-0.2, -0.15) is 0 Å². The van der Waals surface area contributed by atoms with E-state index in [-0.39, 0.29) is 6.04 Å². The topological polar surface area (TPSA) is 38.1 Å². The van der Waals surface area contributed by atoms with Crippen LogP contribution in [0.1, 0.15) is 69.6 Å². The number of nitrogens with one attached hydrogen (secondary N) is 1. The van der Waals surface area contributed by atoms with Crippen LogP contribution in [0, 0.1) is 23.7 Å². The molecule has 1 atom stereocenters. The third-order valence-corrected chi connectivity index (χ3v) is 5.98. The first-order valence-electron chi connectivity index (χ1n) is 8.43. The van der Waals surface area contributed by atoms with E-state index in [2.05, 4.69) is 24.1 Å². The van der Waals surface area contributed by atoms with Crippen LogP contribution >= 0.6 is 0 Å². The van der Waals surface area contributed by atoms with Crippen LogP contribution < -0.4 is 5.32 Å². The fourth-order valence-corrected chi connectivity index (χ4v) is 5.44. The van der Waals surface area contributed by atoms with Gasteiger partial charge in [-0.1, -0.05) is 6.92 Å². The highest BCUT2D eigenvalue weighted by molar-refractivity contribution is 5.13. The van der Waals surface area contributed by atoms with Gasteiger partial charge >= 0.3 is 0 Å². The van der Waals surface area contributed by atoms with Crippen molar-refractivity contribution < 1.29 is 4.42 Å². The molecular weight excluding hydrogens is 248 g/mol. The van der Waals surface area contributed by atoms with Crippen molar-refractivity contribution in [2.75, 3.05) is 6.54 Å².